The first-order valence-electron chi connectivity index (χ1n) is 26.0. The minimum Gasteiger partial charge on any atom is -0.423 e. The third-order valence-corrected chi connectivity index (χ3v) is 15.4. The van der Waals surface area contributed by atoms with Crippen molar-refractivity contribution in [2.24, 2.45) is 0 Å². The first-order chi connectivity index (χ1) is 39.2. The number of benzene rings is 8. The summed E-state index contributed by atoms with van der Waals surface area (Å²) in [6, 6.07) is 45.3. The summed E-state index contributed by atoms with van der Waals surface area (Å²) < 4.78 is 53.3. The summed E-state index contributed by atoms with van der Waals surface area (Å²) in [5.41, 5.74) is 17.8. The Balaban J connectivity index is 0.000000157. The number of fused-ring (bicyclic) bond motifs is 3. The van der Waals surface area contributed by atoms with Crippen LogP contribution in [-0.4, -0.2) is 67.9 Å². The van der Waals surface area contributed by atoms with E-state index in [0.717, 1.165) is 116 Å². The van der Waals surface area contributed by atoms with E-state index in [1.807, 2.05) is 78.9 Å². The highest BCUT2D eigenvalue weighted by atomic mass is 127. The summed E-state index contributed by atoms with van der Waals surface area (Å²) >= 11 is 9.59. The summed E-state index contributed by atoms with van der Waals surface area (Å²) in [6.45, 7) is 0. The Bertz CT molecular complexity index is 3510. The van der Waals surface area contributed by atoms with Gasteiger partial charge in [0, 0.05) is 60.2 Å². The van der Waals surface area contributed by atoms with Crippen LogP contribution in [-0.2, 0) is 38.5 Å². The fraction of sp³-hybridized carbons (Fsp3) is 0.190. The lowest BCUT2D eigenvalue weighted by Crippen LogP contribution is -2.30. The molecule has 0 fully saturated rings. The van der Waals surface area contributed by atoms with Crippen LogP contribution in [0.1, 0.15) is 83.7 Å². The molecule has 11 rings (SSSR count). The second-order valence-corrected chi connectivity index (χ2v) is 22.3. The lowest BCUT2D eigenvalue weighted by atomic mass is 9.80. The van der Waals surface area contributed by atoms with Crippen LogP contribution in [0, 0.1) is 30.4 Å². The number of aryl methyl sites for hydroxylation is 3. The molecule has 3 aliphatic carbocycles. The van der Waals surface area contributed by atoms with Gasteiger partial charge in [-0.25, -0.2) is 17.6 Å². The van der Waals surface area contributed by atoms with Crippen molar-refractivity contribution in [2.75, 3.05) is 16.4 Å². The van der Waals surface area contributed by atoms with Gasteiger partial charge in [-0.15, -0.1) is 0 Å². The van der Waals surface area contributed by atoms with Crippen LogP contribution in [0.4, 0.5) is 34.6 Å². The standard InChI is InChI=1S/C23H19F2NO2.C17H16INO2.C10H13NO.C7H4ClIO.C6H5BF2O2/c24-20-11-9-17(12-21(20)25)14-4-6-16(7-5-14)23(28)26-22-3-1-2-15-8-10-18(27)13-19(15)22;18-13-7-4-12(5-8-13)17(21)19-16-3-1-2-11-6-9-14(20)10-15(11)16;11-10-3-1-2-7-4-5-8(12)6-9(7)10;8-7(10)5-1-3-6(9)4-2-5;8-5-2-1-4(7(10)11)3-6(5)9/h1-7,9,11-12,18,27H,8,10,13H2,(H,26,28);1-5,7-8,14,20H,6,9-10H2,(H,19,21);1-3,8,12H,4-6,11H2;1-4H;1-3,10-11H. The molecule has 8 aromatic carbocycles. The number of nitrogens with one attached hydrogen (secondary N) is 2. The minimum absolute atomic E-state index is 0.0658. The van der Waals surface area contributed by atoms with E-state index in [9.17, 15) is 47.3 Å². The molecule has 0 saturated carbocycles. The average Bonchev–Trinajstić information content (AvgIpc) is 3.67. The Labute approximate surface area is 505 Å². The summed E-state index contributed by atoms with van der Waals surface area (Å²) in [7, 11) is -1.76. The van der Waals surface area contributed by atoms with E-state index in [4.69, 9.17) is 27.4 Å². The zero-order valence-corrected chi connectivity index (χ0v) is 49.0. The average molecular weight is 1360 g/mol. The van der Waals surface area contributed by atoms with Crippen molar-refractivity contribution in [1.82, 2.24) is 0 Å². The van der Waals surface area contributed by atoms with E-state index in [1.165, 1.54) is 17.2 Å². The van der Waals surface area contributed by atoms with Gasteiger partial charge in [-0.3, -0.25) is 14.4 Å². The molecule has 11 nitrogen and oxygen atoms in total. The monoisotopic (exact) mass is 1360 g/mol. The molecule has 82 heavy (non-hydrogen) atoms. The van der Waals surface area contributed by atoms with Crippen LogP contribution >= 0.6 is 56.8 Å². The van der Waals surface area contributed by atoms with Gasteiger partial charge in [0.1, 0.15) is 0 Å². The normalized spacial score (nSPS) is 15.4. The summed E-state index contributed by atoms with van der Waals surface area (Å²) in [6.07, 6.45) is 5.99. The molecule has 2 amide bonds. The summed E-state index contributed by atoms with van der Waals surface area (Å²) in [4.78, 5) is 35.5. The van der Waals surface area contributed by atoms with Crippen molar-refractivity contribution in [1.29, 1.82) is 0 Å². The molecule has 0 aliphatic heterocycles. The molecular formula is C63H57BClF4I2N3O8. The van der Waals surface area contributed by atoms with Crippen LogP contribution in [0.15, 0.2) is 164 Å². The van der Waals surface area contributed by atoms with Crippen molar-refractivity contribution in [3.63, 3.8) is 0 Å². The van der Waals surface area contributed by atoms with Gasteiger partial charge in [-0.1, -0.05) is 60.7 Å². The zero-order valence-electron chi connectivity index (χ0n) is 43.9. The fourth-order valence-corrected chi connectivity index (χ4v) is 10.2. The zero-order chi connectivity index (χ0) is 59.0. The van der Waals surface area contributed by atoms with E-state index in [2.05, 4.69) is 67.9 Å². The number of carbonyl (C=O) groups excluding carboxylic acids is 3. The quantitative estimate of drug-likeness (QED) is 0.0251. The molecule has 9 N–H and O–H groups in total. The second kappa shape index (κ2) is 30.2. The molecule has 0 radical (unpaired) electrons. The minimum atomic E-state index is -1.76. The number of nitrogens with two attached hydrogens (primary N) is 1. The first kappa shape index (κ1) is 63.1. The van der Waals surface area contributed by atoms with Gasteiger partial charge in [0.15, 0.2) is 23.3 Å². The second-order valence-electron chi connectivity index (χ2n) is 19.5. The first-order valence-corrected chi connectivity index (χ1v) is 28.6. The molecule has 424 valence electrons. The SMILES string of the molecule is Nc1cccc2c1CC(O)CC2.O=C(Cl)c1ccc(I)cc1.O=C(Nc1cccc2c1CC(O)CC2)c1ccc(-c2ccc(F)c(F)c2)cc1.O=C(Nc1cccc2c1CC(O)CC2)c1ccc(I)cc1.OB(O)c1ccc(F)c(F)c1. The van der Waals surface area contributed by atoms with Crippen LogP contribution < -0.4 is 21.8 Å². The van der Waals surface area contributed by atoms with E-state index in [1.54, 1.807) is 36.4 Å². The van der Waals surface area contributed by atoms with E-state index in [0.29, 0.717) is 46.3 Å². The van der Waals surface area contributed by atoms with Gasteiger partial charge in [0.25, 0.3) is 17.1 Å². The molecule has 3 aliphatic rings. The van der Waals surface area contributed by atoms with Gasteiger partial charge in [0.2, 0.25) is 0 Å². The van der Waals surface area contributed by atoms with Gasteiger partial charge in [-0.2, -0.15) is 0 Å². The number of halogens is 7. The molecule has 0 aromatic heterocycles. The molecule has 0 heterocycles. The number of hydrogen-bond donors (Lipinski definition) is 8. The Morgan fingerprint density at radius 3 is 1.32 bits per heavy atom. The topological polar surface area (TPSA) is 202 Å². The fourth-order valence-electron chi connectivity index (χ4n) is 9.31. The van der Waals surface area contributed by atoms with E-state index >= 15 is 0 Å². The van der Waals surface area contributed by atoms with Crippen LogP contribution in [0.5, 0.6) is 0 Å². The van der Waals surface area contributed by atoms with Crippen molar-refractivity contribution in [3.05, 3.63) is 244 Å². The molecule has 0 saturated heterocycles. The number of rotatable bonds is 7. The smallest absolute Gasteiger partial charge is 0.423 e. The number of aliphatic hydroxyl groups excluding tert-OH is 3. The maximum Gasteiger partial charge on any atom is 0.488 e. The van der Waals surface area contributed by atoms with Crippen molar-refractivity contribution >= 4 is 103 Å². The number of amides is 2. The highest BCUT2D eigenvalue weighted by Gasteiger charge is 2.23. The highest BCUT2D eigenvalue weighted by Crippen LogP contribution is 2.31. The molecule has 8 aromatic rings. The molecule has 0 spiro atoms. The van der Waals surface area contributed by atoms with E-state index in [-0.39, 0.29) is 35.6 Å². The maximum atomic E-state index is 13.4. The Kier molecular flexibility index (Phi) is 23.2. The number of anilines is 3. The largest absolute Gasteiger partial charge is 0.488 e. The van der Waals surface area contributed by atoms with Crippen molar-refractivity contribution in [3.8, 4) is 11.1 Å². The predicted octanol–water partition coefficient (Wildman–Crippen LogP) is 11.6. The molecule has 19 heteroatoms. The van der Waals surface area contributed by atoms with Crippen molar-refractivity contribution < 1.29 is 57.3 Å². The predicted molar refractivity (Wildman–Crippen MR) is 330 cm³/mol. The van der Waals surface area contributed by atoms with Gasteiger partial charge >= 0.3 is 7.12 Å². The number of carbonyl (C=O) groups is 3. The third kappa shape index (κ3) is 18.0. The Morgan fingerprint density at radius 1 is 0.488 bits per heavy atom. The van der Waals surface area contributed by atoms with E-state index < -0.39 is 35.6 Å². The molecule has 0 bridgehead atoms. The van der Waals surface area contributed by atoms with Gasteiger partial charge in [-0.05, 0) is 248 Å². The molecular weight excluding hydrogens is 1300 g/mol. The number of aliphatic hydroxyl groups is 3. The Hall–Kier alpha value is -6.50. The molecule has 3 unspecified atom stereocenters. The third-order valence-electron chi connectivity index (χ3n) is 13.7. The summed E-state index contributed by atoms with van der Waals surface area (Å²) in [5, 5.41) is 51.7. The van der Waals surface area contributed by atoms with Crippen LogP contribution in [0.2, 0.25) is 0 Å². The highest BCUT2D eigenvalue weighted by molar-refractivity contribution is 14.1. The Morgan fingerprint density at radius 2 is 0.878 bits per heavy atom. The molecule has 3 atom stereocenters. The summed E-state index contributed by atoms with van der Waals surface area (Å²) in [5.74, 6) is -4.26. The maximum absolute atomic E-state index is 13.4. The lowest BCUT2D eigenvalue weighted by molar-refractivity contribution is 0.101. The number of nitrogen functional groups attached to an aromatic ring is 1. The van der Waals surface area contributed by atoms with Crippen LogP contribution in [0.25, 0.3) is 11.1 Å². The van der Waals surface area contributed by atoms with Crippen LogP contribution in [0.3, 0.4) is 0 Å². The number of hydrogen-bond acceptors (Lipinski definition) is 9. The van der Waals surface area contributed by atoms with Gasteiger partial charge in [0.05, 0.1) is 18.3 Å². The lowest BCUT2D eigenvalue weighted by Gasteiger charge is -2.23. The van der Waals surface area contributed by atoms with Crippen molar-refractivity contribution in [2.45, 2.75) is 76.1 Å². The van der Waals surface area contributed by atoms with Gasteiger partial charge < -0.3 is 41.7 Å².